The molecule has 0 aliphatic heterocycles. The molecule has 4 heteroatoms. The molecule has 2 aromatic rings. The molecule has 0 heterocycles. The molecule has 1 atom stereocenters. The zero-order chi connectivity index (χ0) is 16.5. The number of hydrogen-bond acceptors (Lipinski definition) is 3. The Labute approximate surface area is 137 Å². The highest BCUT2D eigenvalue weighted by atomic mass is 16.5. The molecule has 0 fully saturated rings. The van der Waals surface area contributed by atoms with Crippen molar-refractivity contribution in [2.24, 2.45) is 5.73 Å². The summed E-state index contributed by atoms with van der Waals surface area (Å²) in [5.41, 5.74) is 8.05. The van der Waals surface area contributed by atoms with Gasteiger partial charge < -0.3 is 15.8 Å². The molecule has 1 amide bonds. The third-order valence-electron chi connectivity index (χ3n) is 3.50. The number of nitrogens with two attached hydrogens (primary N) is 1. The van der Waals surface area contributed by atoms with Crippen LogP contribution in [0, 0.1) is 0 Å². The Hall–Kier alpha value is -2.33. The number of carbonyl (C=O) groups is 1. The van der Waals surface area contributed by atoms with Crippen LogP contribution >= 0.6 is 0 Å². The maximum absolute atomic E-state index is 12.1. The van der Waals surface area contributed by atoms with Gasteiger partial charge in [-0.1, -0.05) is 49.4 Å². The minimum atomic E-state index is -0.537. The molecule has 23 heavy (non-hydrogen) atoms. The highest BCUT2D eigenvalue weighted by Gasteiger charge is 2.13. The van der Waals surface area contributed by atoms with Crippen molar-refractivity contribution in [1.82, 2.24) is 5.32 Å². The van der Waals surface area contributed by atoms with E-state index in [0.29, 0.717) is 19.6 Å². The Kier molecular flexibility index (Phi) is 6.63. The molecule has 0 aliphatic carbocycles. The average Bonchev–Trinajstić information content (AvgIpc) is 2.59. The Morgan fingerprint density at radius 1 is 1.09 bits per heavy atom. The molecule has 0 saturated heterocycles. The van der Waals surface area contributed by atoms with E-state index in [0.717, 1.165) is 23.3 Å². The molecule has 122 valence electrons. The fourth-order valence-corrected chi connectivity index (χ4v) is 2.20. The lowest BCUT2D eigenvalue weighted by Gasteiger charge is -2.13. The van der Waals surface area contributed by atoms with Gasteiger partial charge in [0.15, 0.2) is 0 Å². The number of nitrogens with one attached hydrogen (secondary N) is 1. The van der Waals surface area contributed by atoms with Crippen LogP contribution in [0.15, 0.2) is 54.6 Å². The van der Waals surface area contributed by atoms with Crippen molar-refractivity contribution in [1.29, 1.82) is 0 Å². The summed E-state index contributed by atoms with van der Waals surface area (Å²) >= 11 is 0. The minimum Gasteiger partial charge on any atom is -0.494 e. The lowest BCUT2D eigenvalue weighted by Crippen LogP contribution is -2.41. The lowest BCUT2D eigenvalue weighted by atomic mass is 10.1. The topological polar surface area (TPSA) is 64.3 Å². The highest BCUT2D eigenvalue weighted by molar-refractivity contribution is 5.81. The van der Waals surface area contributed by atoms with Crippen molar-refractivity contribution >= 4 is 5.91 Å². The largest absolute Gasteiger partial charge is 0.494 e. The summed E-state index contributed by atoms with van der Waals surface area (Å²) in [6.07, 6.45) is 1.52. The summed E-state index contributed by atoms with van der Waals surface area (Å²) in [6, 6.07) is 17.0. The molecule has 0 aromatic heterocycles. The number of benzene rings is 2. The van der Waals surface area contributed by atoms with E-state index in [1.54, 1.807) is 0 Å². The van der Waals surface area contributed by atoms with Crippen molar-refractivity contribution in [3.05, 3.63) is 65.7 Å². The van der Waals surface area contributed by atoms with Crippen molar-refractivity contribution in [3.63, 3.8) is 0 Å². The summed E-state index contributed by atoms with van der Waals surface area (Å²) < 4.78 is 5.53. The van der Waals surface area contributed by atoms with Crippen molar-refractivity contribution in [3.8, 4) is 5.75 Å². The monoisotopic (exact) mass is 312 g/mol. The Morgan fingerprint density at radius 3 is 2.43 bits per heavy atom. The number of rotatable bonds is 8. The van der Waals surface area contributed by atoms with E-state index in [-0.39, 0.29) is 5.91 Å². The Bertz CT molecular complexity index is 597. The van der Waals surface area contributed by atoms with Crippen LogP contribution in [-0.2, 0) is 17.8 Å². The molecular weight excluding hydrogens is 288 g/mol. The number of carbonyl (C=O) groups excluding carboxylic acids is 1. The van der Waals surface area contributed by atoms with E-state index in [4.69, 9.17) is 10.5 Å². The van der Waals surface area contributed by atoms with E-state index in [2.05, 4.69) is 12.2 Å². The molecule has 0 bridgehead atoms. The predicted octanol–water partition coefficient (Wildman–Crippen LogP) is 2.66. The van der Waals surface area contributed by atoms with Gasteiger partial charge in [-0.3, -0.25) is 4.79 Å². The third kappa shape index (κ3) is 5.75. The van der Waals surface area contributed by atoms with Gasteiger partial charge in [-0.15, -0.1) is 0 Å². The molecule has 0 unspecified atom stereocenters. The summed E-state index contributed by atoms with van der Waals surface area (Å²) in [4.78, 5) is 12.1. The van der Waals surface area contributed by atoms with Crippen LogP contribution in [0.2, 0.25) is 0 Å². The van der Waals surface area contributed by atoms with Gasteiger partial charge in [0, 0.05) is 6.54 Å². The van der Waals surface area contributed by atoms with E-state index in [1.165, 1.54) is 0 Å². The van der Waals surface area contributed by atoms with Gasteiger partial charge in [0.1, 0.15) is 5.75 Å². The van der Waals surface area contributed by atoms with Crippen LogP contribution in [0.3, 0.4) is 0 Å². The molecule has 0 aliphatic rings. The summed E-state index contributed by atoms with van der Waals surface area (Å²) in [5, 5.41) is 2.88. The lowest BCUT2D eigenvalue weighted by molar-refractivity contribution is -0.122. The van der Waals surface area contributed by atoms with Crippen molar-refractivity contribution < 1.29 is 9.53 Å². The first-order chi connectivity index (χ1) is 11.2. The predicted molar refractivity (Wildman–Crippen MR) is 92.2 cm³/mol. The van der Waals surface area contributed by atoms with E-state index >= 15 is 0 Å². The van der Waals surface area contributed by atoms with Gasteiger partial charge in [-0.05, 0) is 36.1 Å². The first-order valence-corrected chi connectivity index (χ1v) is 7.98. The van der Waals surface area contributed by atoms with Crippen LogP contribution in [0.4, 0.5) is 0 Å². The molecule has 0 spiro atoms. The van der Waals surface area contributed by atoms with E-state index < -0.39 is 6.04 Å². The molecule has 4 nitrogen and oxygen atoms in total. The average molecular weight is 312 g/mol. The maximum Gasteiger partial charge on any atom is 0.237 e. The Balaban J connectivity index is 1.79. The summed E-state index contributed by atoms with van der Waals surface area (Å²) in [6.45, 7) is 3.25. The minimum absolute atomic E-state index is 0.139. The molecule has 3 N–H and O–H groups in total. The van der Waals surface area contributed by atoms with Gasteiger partial charge >= 0.3 is 0 Å². The summed E-state index contributed by atoms with van der Waals surface area (Å²) in [7, 11) is 0. The van der Waals surface area contributed by atoms with Crippen LogP contribution in [0.1, 0.15) is 24.5 Å². The molecule has 2 rings (SSSR count). The number of hydrogen-bond donors (Lipinski definition) is 2. The van der Waals surface area contributed by atoms with Gasteiger partial charge in [0.05, 0.1) is 12.6 Å². The SMILES string of the molecule is CCCOc1ccc(CNC(=O)[C@@H](N)Cc2ccccc2)cc1. The first kappa shape index (κ1) is 17.0. The number of amides is 1. The van der Waals surface area contributed by atoms with Gasteiger partial charge in [0.2, 0.25) is 5.91 Å². The van der Waals surface area contributed by atoms with Crippen LogP contribution in [-0.4, -0.2) is 18.6 Å². The number of ether oxygens (including phenoxy) is 1. The maximum atomic E-state index is 12.1. The zero-order valence-electron chi connectivity index (χ0n) is 13.5. The molecule has 2 aromatic carbocycles. The highest BCUT2D eigenvalue weighted by Crippen LogP contribution is 2.12. The first-order valence-electron chi connectivity index (χ1n) is 7.98. The third-order valence-corrected chi connectivity index (χ3v) is 3.50. The van der Waals surface area contributed by atoms with Crippen LogP contribution in [0.5, 0.6) is 5.75 Å². The smallest absolute Gasteiger partial charge is 0.237 e. The van der Waals surface area contributed by atoms with Gasteiger partial charge in [0.25, 0.3) is 0 Å². The summed E-state index contributed by atoms with van der Waals surface area (Å²) in [5.74, 6) is 0.711. The second-order valence-corrected chi connectivity index (χ2v) is 5.51. The molecule has 0 saturated carbocycles. The van der Waals surface area contributed by atoms with Gasteiger partial charge in [-0.2, -0.15) is 0 Å². The zero-order valence-corrected chi connectivity index (χ0v) is 13.5. The normalized spacial score (nSPS) is 11.7. The quantitative estimate of drug-likeness (QED) is 0.787. The van der Waals surface area contributed by atoms with Crippen molar-refractivity contribution in [2.75, 3.05) is 6.61 Å². The fraction of sp³-hybridized carbons (Fsp3) is 0.316. The second-order valence-electron chi connectivity index (χ2n) is 5.51. The van der Waals surface area contributed by atoms with Crippen molar-refractivity contribution in [2.45, 2.75) is 32.4 Å². The van der Waals surface area contributed by atoms with Gasteiger partial charge in [-0.25, -0.2) is 0 Å². The molecule has 0 radical (unpaired) electrons. The fourth-order valence-electron chi connectivity index (χ4n) is 2.20. The van der Waals surface area contributed by atoms with E-state index in [1.807, 2.05) is 54.6 Å². The Morgan fingerprint density at radius 2 is 1.78 bits per heavy atom. The van der Waals surface area contributed by atoms with Crippen LogP contribution < -0.4 is 15.8 Å². The van der Waals surface area contributed by atoms with Crippen LogP contribution in [0.25, 0.3) is 0 Å². The standard InChI is InChI=1S/C19H24N2O2/c1-2-12-23-17-10-8-16(9-11-17)14-21-19(22)18(20)13-15-6-4-3-5-7-15/h3-11,18H,2,12-14,20H2,1H3,(H,21,22)/t18-/m0/s1. The molecular formula is C19H24N2O2. The second kappa shape index (κ2) is 8.96. The van der Waals surface area contributed by atoms with E-state index in [9.17, 15) is 4.79 Å².